The second kappa shape index (κ2) is 5.59. The first kappa shape index (κ1) is 15.1. The highest BCUT2D eigenvalue weighted by Gasteiger charge is 2.38. The van der Waals surface area contributed by atoms with Gasteiger partial charge in [0.15, 0.2) is 11.7 Å². The van der Waals surface area contributed by atoms with Crippen LogP contribution in [0.1, 0.15) is 11.7 Å². The lowest BCUT2D eigenvalue weighted by atomic mass is 10.1. The number of nitrogens with zero attached hydrogens (tertiary/aromatic N) is 2. The summed E-state index contributed by atoms with van der Waals surface area (Å²) in [5.74, 6) is 0.908. The van der Waals surface area contributed by atoms with Gasteiger partial charge in [0.25, 0.3) is 0 Å². The number of benzene rings is 2. The topological polar surface area (TPSA) is 86.3 Å². The van der Waals surface area contributed by atoms with E-state index < -0.39 is 0 Å². The molecule has 0 saturated heterocycles. The number of aromatic nitrogens is 2. The average molecular weight is 334 g/mol. The lowest BCUT2D eigenvalue weighted by molar-refractivity contribution is -0.551. The zero-order valence-corrected chi connectivity index (χ0v) is 13.5. The third-order valence-corrected chi connectivity index (χ3v) is 4.21. The molecule has 6 nitrogen and oxygen atoms in total. The summed E-state index contributed by atoms with van der Waals surface area (Å²) >= 11 is 0. The van der Waals surface area contributed by atoms with Crippen molar-refractivity contribution < 1.29 is 19.6 Å². The van der Waals surface area contributed by atoms with Gasteiger partial charge in [-0.1, -0.05) is 0 Å². The summed E-state index contributed by atoms with van der Waals surface area (Å²) in [4.78, 5) is 17.2. The number of phenols is 2. The molecule has 0 fully saturated rings. The summed E-state index contributed by atoms with van der Waals surface area (Å²) in [5.41, 5.74) is 2.83. The minimum atomic E-state index is -0.340. The molecule has 2 heterocycles. The molecule has 0 bridgehead atoms. The number of hydrogen-bond acceptors (Lipinski definition) is 5. The fourth-order valence-corrected chi connectivity index (χ4v) is 2.88. The first-order chi connectivity index (χ1) is 12.0. The molecular formula is C19H16N3O3+. The minimum absolute atomic E-state index is 0.0579. The predicted molar refractivity (Wildman–Crippen MR) is 92.3 cm³/mol. The van der Waals surface area contributed by atoms with E-state index in [0.717, 1.165) is 11.1 Å². The van der Waals surface area contributed by atoms with Gasteiger partial charge in [0, 0.05) is 11.1 Å². The van der Waals surface area contributed by atoms with Gasteiger partial charge in [-0.05, 0) is 55.5 Å². The van der Waals surface area contributed by atoms with Crippen LogP contribution in [0.5, 0.6) is 11.5 Å². The molecule has 3 N–H and O–H groups in total. The molecule has 0 aliphatic carbocycles. The van der Waals surface area contributed by atoms with E-state index in [2.05, 4.69) is 5.32 Å². The Morgan fingerprint density at radius 3 is 2.12 bits per heavy atom. The molecule has 1 aliphatic rings. The van der Waals surface area contributed by atoms with E-state index >= 15 is 0 Å². The number of hydrogen-bond donors (Lipinski definition) is 3. The summed E-state index contributed by atoms with van der Waals surface area (Å²) < 4.78 is 1.57. The van der Waals surface area contributed by atoms with Crippen LogP contribution >= 0.6 is 0 Å². The Labute approximate surface area is 144 Å². The summed E-state index contributed by atoms with van der Waals surface area (Å²) in [6.07, 6.45) is 1.70. The van der Waals surface area contributed by atoms with Crippen LogP contribution in [0.2, 0.25) is 0 Å². The van der Waals surface area contributed by atoms with Gasteiger partial charge in [-0.3, -0.25) is 5.32 Å². The lowest BCUT2D eigenvalue weighted by Gasteiger charge is -2.07. The number of fused-ring (bicyclic) bond motifs is 1. The van der Waals surface area contributed by atoms with E-state index in [4.69, 9.17) is 4.98 Å². The largest absolute Gasteiger partial charge is 0.508 e. The van der Waals surface area contributed by atoms with E-state index in [-0.39, 0.29) is 23.4 Å². The second-order valence-electron chi connectivity index (χ2n) is 5.99. The number of carbonyl (C=O) groups is 1. The molecule has 6 heteroatoms. The van der Waals surface area contributed by atoms with Gasteiger partial charge in [0.1, 0.15) is 23.4 Å². The highest BCUT2D eigenvalue weighted by atomic mass is 16.3. The molecule has 0 spiro atoms. The van der Waals surface area contributed by atoms with Crippen LogP contribution in [-0.2, 0) is 0 Å². The quantitative estimate of drug-likeness (QED) is 0.627. The van der Waals surface area contributed by atoms with Crippen molar-refractivity contribution in [3.63, 3.8) is 0 Å². The number of rotatable bonds is 2. The minimum Gasteiger partial charge on any atom is -0.508 e. The Bertz CT molecular complexity index is 966. The predicted octanol–water partition coefficient (Wildman–Crippen LogP) is 2.57. The third kappa shape index (κ3) is 2.57. The van der Waals surface area contributed by atoms with Crippen molar-refractivity contribution in [1.29, 1.82) is 0 Å². The van der Waals surface area contributed by atoms with E-state index in [1.54, 1.807) is 66.2 Å². The van der Waals surface area contributed by atoms with Crippen LogP contribution in [-0.4, -0.2) is 27.1 Å². The Hall–Kier alpha value is -3.41. The molecule has 3 aromatic rings. The maximum absolute atomic E-state index is 12.5. The maximum Gasteiger partial charge on any atom is 0.358 e. The molecule has 4 rings (SSSR count). The first-order valence-corrected chi connectivity index (χ1v) is 7.89. The van der Waals surface area contributed by atoms with E-state index in [0.29, 0.717) is 17.2 Å². The molecule has 1 aliphatic heterocycles. The van der Waals surface area contributed by atoms with Crippen LogP contribution in [0.3, 0.4) is 0 Å². The van der Waals surface area contributed by atoms with Crippen LogP contribution in [0.25, 0.3) is 22.5 Å². The van der Waals surface area contributed by atoms with Gasteiger partial charge in [-0.25, -0.2) is 9.78 Å². The van der Waals surface area contributed by atoms with Crippen LogP contribution in [0.15, 0.2) is 54.7 Å². The second-order valence-corrected chi connectivity index (χ2v) is 5.99. The zero-order valence-electron chi connectivity index (χ0n) is 13.5. The molecule has 2 aromatic carbocycles. The maximum atomic E-state index is 12.5. The van der Waals surface area contributed by atoms with Crippen molar-refractivity contribution >= 4 is 11.7 Å². The highest BCUT2D eigenvalue weighted by molar-refractivity contribution is 5.86. The zero-order chi connectivity index (χ0) is 17.6. The van der Waals surface area contributed by atoms with Gasteiger partial charge in [-0.15, -0.1) is 0 Å². The van der Waals surface area contributed by atoms with Crippen molar-refractivity contribution in [3.8, 4) is 34.0 Å². The molecule has 25 heavy (non-hydrogen) atoms. The standard InChI is InChI=1S/C19H15N3O3/c1-11-19(25)22-10-16(12-2-6-14(23)7-3-12)21-17(18(22)20-11)13-4-8-15(24)9-5-13/h2-11H,1H3,(H2,21,23,24)/p+1. The van der Waals surface area contributed by atoms with Crippen LogP contribution in [0, 0.1) is 0 Å². The molecule has 1 aromatic heterocycles. The summed E-state index contributed by atoms with van der Waals surface area (Å²) in [6.45, 7) is 1.80. The van der Waals surface area contributed by atoms with E-state index in [9.17, 15) is 15.0 Å². The molecule has 1 unspecified atom stereocenters. The van der Waals surface area contributed by atoms with E-state index in [1.165, 1.54) is 0 Å². The number of carbonyl (C=O) groups excluding carboxylic acids is 1. The monoisotopic (exact) mass is 334 g/mol. The molecule has 0 amide bonds. The third-order valence-electron chi connectivity index (χ3n) is 4.21. The SMILES string of the molecule is CC1Nc2c(-c3ccc(O)cc3)nc(-c3ccc(O)cc3)c[n+]2C1=O. The normalized spacial score (nSPS) is 15.7. The molecule has 124 valence electrons. The summed E-state index contributed by atoms with van der Waals surface area (Å²) in [6, 6.07) is 13.0. The number of aromatic hydroxyl groups is 2. The van der Waals surface area contributed by atoms with Crippen molar-refractivity contribution in [2.24, 2.45) is 0 Å². The fraction of sp³-hybridized carbons (Fsp3) is 0.105. The van der Waals surface area contributed by atoms with Gasteiger partial charge in [0.05, 0.1) is 0 Å². The summed E-state index contributed by atoms with van der Waals surface area (Å²) in [5, 5.41) is 22.2. The lowest BCUT2D eigenvalue weighted by Crippen LogP contribution is -2.42. The smallest absolute Gasteiger partial charge is 0.358 e. The summed E-state index contributed by atoms with van der Waals surface area (Å²) in [7, 11) is 0. The molecular weight excluding hydrogens is 318 g/mol. The van der Waals surface area contributed by atoms with Crippen molar-refractivity contribution in [1.82, 2.24) is 4.98 Å². The average Bonchev–Trinajstić information content (AvgIpc) is 2.90. The van der Waals surface area contributed by atoms with Crippen LogP contribution < -0.4 is 9.88 Å². The van der Waals surface area contributed by atoms with Gasteiger partial charge in [0.2, 0.25) is 0 Å². The Morgan fingerprint density at radius 1 is 0.960 bits per heavy atom. The number of nitrogens with one attached hydrogen (secondary N) is 1. The Balaban J connectivity index is 1.93. The Morgan fingerprint density at radius 2 is 1.52 bits per heavy atom. The van der Waals surface area contributed by atoms with Crippen molar-refractivity contribution in [3.05, 3.63) is 54.7 Å². The van der Waals surface area contributed by atoms with Gasteiger partial charge < -0.3 is 10.2 Å². The molecule has 0 radical (unpaired) electrons. The highest BCUT2D eigenvalue weighted by Crippen LogP contribution is 2.30. The Kier molecular flexibility index (Phi) is 3.39. The van der Waals surface area contributed by atoms with Gasteiger partial charge in [-0.2, -0.15) is 4.57 Å². The van der Waals surface area contributed by atoms with Crippen molar-refractivity contribution in [2.45, 2.75) is 13.0 Å². The van der Waals surface area contributed by atoms with Crippen LogP contribution in [0.4, 0.5) is 5.82 Å². The molecule has 1 atom stereocenters. The van der Waals surface area contributed by atoms with Gasteiger partial charge >= 0.3 is 11.7 Å². The molecule has 0 saturated carbocycles. The first-order valence-electron chi connectivity index (χ1n) is 7.89. The fourth-order valence-electron chi connectivity index (χ4n) is 2.88. The number of anilines is 1. The number of phenolic OH excluding ortho intramolecular Hbond substituents is 2. The van der Waals surface area contributed by atoms with E-state index in [1.807, 2.05) is 0 Å². The van der Waals surface area contributed by atoms with Crippen molar-refractivity contribution in [2.75, 3.05) is 5.32 Å².